The van der Waals surface area contributed by atoms with Gasteiger partial charge in [-0.05, 0) is 138 Å². The molecule has 0 fully saturated rings. The van der Waals surface area contributed by atoms with Gasteiger partial charge in [0, 0.05) is 79.4 Å². The van der Waals surface area contributed by atoms with Gasteiger partial charge in [0.25, 0.3) is 0 Å². The molecule has 0 amide bonds. The standard InChI is InChI=1S/C62H42N2S2/c1-39-14-6-7-17-48(39)61-40(2)52(38-55-49-18-8-11-21-56(49)64(62(55)61)47-33-35-60-54(37-47)51-20-10-13-23-58(51)66-60)43-26-30-45(31-27-43)63(44-28-24-42(25-29-44)41-15-4-3-5-16-41)46-32-34-59-53(36-46)50-19-9-12-22-57(50)65-59/h3-38H,1-2H3. The van der Waals surface area contributed by atoms with Crippen molar-refractivity contribution in [3.05, 3.63) is 230 Å². The van der Waals surface area contributed by atoms with Crippen molar-refractivity contribution in [2.24, 2.45) is 0 Å². The predicted molar refractivity (Wildman–Crippen MR) is 287 cm³/mol. The molecule has 3 aromatic heterocycles. The summed E-state index contributed by atoms with van der Waals surface area (Å²) >= 11 is 3.72. The van der Waals surface area contributed by atoms with Gasteiger partial charge in [-0.15, -0.1) is 22.7 Å². The van der Waals surface area contributed by atoms with Crippen LogP contribution < -0.4 is 4.90 Å². The van der Waals surface area contributed by atoms with Crippen LogP contribution in [0.25, 0.3) is 101 Å². The quantitative estimate of drug-likeness (QED) is 0.155. The summed E-state index contributed by atoms with van der Waals surface area (Å²) in [5.74, 6) is 0. The van der Waals surface area contributed by atoms with Crippen LogP contribution in [0.4, 0.5) is 17.1 Å². The lowest BCUT2D eigenvalue weighted by Gasteiger charge is -2.26. The molecule has 10 aromatic carbocycles. The van der Waals surface area contributed by atoms with Gasteiger partial charge in [0.15, 0.2) is 0 Å². The molecule has 4 heteroatoms. The maximum Gasteiger partial charge on any atom is 0.0622 e. The average molecular weight is 879 g/mol. The van der Waals surface area contributed by atoms with E-state index in [-0.39, 0.29) is 0 Å². The molecule has 0 aliphatic rings. The van der Waals surface area contributed by atoms with Gasteiger partial charge in [0.2, 0.25) is 0 Å². The maximum atomic E-state index is 2.52. The molecule has 66 heavy (non-hydrogen) atoms. The summed E-state index contributed by atoms with van der Waals surface area (Å²) in [6.45, 7) is 4.57. The van der Waals surface area contributed by atoms with E-state index in [0.717, 1.165) is 17.1 Å². The molecule has 0 bridgehead atoms. The summed E-state index contributed by atoms with van der Waals surface area (Å²) in [5.41, 5.74) is 16.9. The summed E-state index contributed by atoms with van der Waals surface area (Å²) in [7, 11) is 0. The van der Waals surface area contributed by atoms with E-state index in [1.165, 1.54) is 112 Å². The number of hydrogen-bond donors (Lipinski definition) is 0. The van der Waals surface area contributed by atoms with Crippen molar-refractivity contribution in [1.29, 1.82) is 0 Å². The number of aromatic nitrogens is 1. The lowest BCUT2D eigenvalue weighted by Crippen LogP contribution is -2.09. The summed E-state index contributed by atoms with van der Waals surface area (Å²) in [5, 5.41) is 7.69. The first-order valence-electron chi connectivity index (χ1n) is 22.6. The molecule has 13 rings (SSSR count). The van der Waals surface area contributed by atoms with Crippen molar-refractivity contribution in [3.8, 4) is 39.1 Å². The lowest BCUT2D eigenvalue weighted by molar-refractivity contribution is 1.18. The lowest BCUT2D eigenvalue weighted by atomic mass is 9.88. The van der Waals surface area contributed by atoms with Crippen LogP contribution in [0, 0.1) is 13.8 Å². The zero-order valence-corrected chi connectivity index (χ0v) is 38.1. The van der Waals surface area contributed by atoms with Gasteiger partial charge in [0.05, 0.1) is 11.0 Å². The second-order valence-electron chi connectivity index (χ2n) is 17.3. The number of para-hydroxylation sites is 1. The molecule has 13 aromatic rings. The molecule has 0 unspecified atom stereocenters. The van der Waals surface area contributed by atoms with Gasteiger partial charge < -0.3 is 9.47 Å². The molecule has 2 nitrogen and oxygen atoms in total. The van der Waals surface area contributed by atoms with Gasteiger partial charge in [-0.2, -0.15) is 0 Å². The average Bonchev–Trinajstić information content (AvgIpc) is 4.04. The third kappa shape index (κ3) is 6.21. The van der Waals surface area contributed by atoms with Gasteiger partial charge in [-0.25, -0.2) is 0 Å². The Kier molecular flexibility index (Phi) is 9.06. The molecular formula is C62H42N2S2. The summed E-state index contributed by atoms with van der Waals surface area (Å²) < 4.78 is 7.76. The van der Waals surface area contributed by atoms with E-state index in [9.17, 15) is 0 Å². The van der Waals surface area contributed by atoms with E-state index in [1.54, 1.807) is 0 Å². The van der Waals surface area contributed by atoms with E-state index in [0.29, 0.717) is 0 Å². The molecule has 0 aliphatic heterocycles. The van der Waals surface area contributed by atoms with Crippen molar-refractivity contribution in [2.75, 3.05) is 4.90 Å². The smallest absolute Gasteiger partial charge is 0.0622 e. The third-order valence-corrected chi connectivity index (χ3v) is 15.8. The van der Waals surface area contributed by atoms with E-state index < -0.39 is 0 Å². The van der Waals surface area contributed by atoms with Crippen molar-refractivity contribution >= 4 is 102 Å². The molecule has 0 spiro atoms. The largest absolute Gasteiger partial charge is 0.310 e. The monoisotopic (exact) mass is 878 g/mol. The van der Waals surface area contributed by atoms with Gasteiger partial charge in [-0.1, -0.05) is 133 Å². The molecule has 0 aliphatic carbocycles. The van der Waals surface area contributed by atoms with Gasteiger partial charge in [0.1, 0.15) is 0 Å². The Morgan fingerprint density at radius 2 is 0.894 bits per heavy atom. The van der Waals surface area contributed by atoms with E-state index in [1.807, 2.05) is 22.7 Å². The Hall–Kier alpha value is -7.76. The number of aryl methyl sites for hydroxylation is 1. The van der Waals surface area contributed by atoms with E-state index in [4.69, 9.17) is 0 Å². The molecule has 0 saturated carbocycles. The van der Waals surface area contributed by atoms with Crippen LogP contribution in [0.3, 0.4) is 0 Å². The molecule has 0 radical (unpaired) electrons. The van der Waals surface area contributed by atoms with E-state index >= 15 is 0 Å². The number of anilines is 3. The Balaban J connectivity index is 0.996. The van der Waals surface area contributed by atoms with Crippen molar-refractivity contribution < 1.29 is 0 Å². The van der Waals surface area contributed by atoms with Crippen LogP contribution >= 0.6 is 22.7 Å². The summed E-state index contributed by atoms with van der Waals surface area (Å²) in [6, 6.07) is 80.7. The van der Waals surface area contributed by atoms with Gasteiger partial charge >= 0.3 is 0 Å². The highest BCUT2D eigenvalue weighted by Gasteiger charge is 2.23. The number of hydrogen-bond acceptors (Lipinski definition) is 3. The zero-order chi connectivity index (χ0) is 43.9. The summed E-state index contributed by atoms with van der Waals surface area (Å²) in [6.07, 6.45) is 0. The molecule has 3 heterocycles. The van der Waals surface area contributed by atoms with Gasteiger partial charge in [-0.3, -0.25) is 0 Å². The van der Waals surface area contributed by atoms with Crippen molar-refractivity contribution in [3.63, 3.8) is 0 Å². The first kappa shape index (κ1) is 38.7. The number of fused-ring (bicyclic) bond motifs is 9. The molecule has 0 saturated heterocycles. The minimum absolute atomic E-state index is 1.11. The predicted octanol–water partition coefficient (Wildman–Crippen LogP) is 18.6. The van der Waals surface area contributed by atoms with Crippen LogP contribution in [-0.2, 0) is 0 Å². The second kappa shape index (κ2) is 15.5. The molecule has 0 N–H and O–H groups in total. The highest BCUT2D eigenvalue weighted by Crippen LogP contribution is 2.47. The van der Waals surface area contributed by atoms with Crippen LogP contribution in [-0.4, -0.2) is 4.57 Å². The number of rotatable bonds is 7. The Morgan fingerprint density at radius 1 is 0.364 bits per heavy atom. The first-order chi connectivity index (χ1) is 32.6. The number of benzene rings is 10. The number of nitrogens with zero attached hydrogens (tertiary/aromatic N) is 2. The molecule has 312 valence electrons. The normalized spacial score (nSPS) is 11.8. The van der Waals surface area contributed by atoms with Crippen LogP contribution in [0.2, 0.25) is 0 Å². The van der Waals surface area contributed by atoms with Crippen LogP contribution in [0.1, 0.15) is 11.1 Å². The van der Waals surface area contributed by atoms with Crippen molar-refractivity contribution in [2.45, 2.75) is 13.8 Å². The fourth-order valence-electron chi connectivity index (χ4n) is 10.4. The topological polar surface area (TPSA) is 8.17 Å². The van der Waals surface area contributed by atoms with Crippen LogP contribution in [0.15, 0.2) is 218 Å². The highest BCUT2D eigenvalue weighted by atomic mass is 32.1. The SMILES string of the molecule is Cc1ccccc1-c1c(C)c(-c2ccc(N(c3ccc(-c4ccccc4)cc3)c3ccc4sc5ccccc5c4c3)cc2)cc2c3ccccc3n(-c3ccc4sc5ccccc5c4c3)c12. The summed E-state index contributed by atoms with van der Waals surface area (Å²) in [4.78, 5) is 2.40. The fourth-order valence-corrected chi connectivity index (χ4v) is 12.5. The Labute approximate surface area is 391 Å². The minimum atomic E-state index is 1.11. The minimum Gasteiger partial charge on any atom is -0.310 e. The second-order valence-corrected chi connectivity index (χ2v) is 19.5. The first-order valence-corrected chi connectivity index (χ1v) is 24.2. The van der Waals surface area contributed by atoms with Crippen LogP contribution in [0.5, 0.6) is 0 Å². The number of thiophene rings is 2. The highest BCUT2D eigenvalue weighted by molar-refractivity contribution is 7.26. The molecular weight excluding hydrogens is 837 g/mol. The zero-order valence-electron chi connectivity index (χ0n) is 36.5. The van der Waals surface area contributed by atoms with E-state index in [2.05, 4.69) is 242 Å². The van der Waals surface area contributed by atoms with Crippen molar-refractivity contribution in [1.82, 2.24) is 4.57 Å². The fraction of sp³-hybridized carbons (Fsp3) is 0.0323. The molecule has 0 atom stereocenters. The Bertz CT molecular complexity index is 4000. The Morgan fingerprint density at radius 3 is 1.59 bits per heavy atom. The third-order valence-electron chi connectivity index (χ3n) is 13.5. The maximum absolute atomic E-state index is 2.52.